The van der Waals surface area contributed by atoms with Crippen LogP contribution in [-0.4, -0.2) is 45.6 Å². The Morgan fingerprint density at radius 2 is 0.500 bits per heavy atom. The Balaban J connectivity index is 1.84. The first-order valence-electron chi connectivity index (χ1n) is 23.7. The summed E-state index contributed by atoms with van der Waals surface area (Å²) in [4.78, 5) is 0. The number of benzene rings is 6. The summed E-state index contributed by atoms with van der Waals surface area (Å²) < 4.78 is 13.0. The van der Waals surface area contributed by atoms with Gasteiger partial charge in [0, 0.05) is 0 Å². The number of hydrogen-bond acceptors (Lipinski definition) is 2. The SMILES string of the molecule is CC(C)c1cccc(C(C)C)c1[N]([Ge]1[C](c2ccccc2)=[C](c2ccccc2)[Ge]([N](c2c(C(C)C)cccc2C(C)C)[Si](C)(C)C)[C](c2ccccc2)=[C]1c1ccccc1)[Si](C)(C)C. The van der Waals surface area contributed by atoms with Crippen molar-refractivity contribution in [2.75, 3.05) is 7.05 Å². The molecule has 7 rings (SSSR count). The van der Waals surface area contributed by atoms with Gasteiger partial charge in [0.05, 0.1) is 0 Å². The van der Waals surface area contributed by atoms with Crippen LogP contribution in [0, 0.1) is 0 Å². The van der Waals surface area contributed by atoms with E-state index < -0.39 is 45.6 Å². The Morgan fingerprint density at radius 1 is 0.297 bits per heavy atom. The van der Waals surface area contributed by atoms with Gasteiger partial charge in [-0.15, -0.1) is 0 Å². The molecular weight excluding hydrogens is 926 g/mol. The van der Waals surface area contributed by atoms with Crippen molar-refractivity contribution >= 4 is 74.6 Å². The van der Waals surface area contributed by atoms with E-state index in [1.807, 2.05) is 0 Å². The van der Waals surface area contributed by atoms with Gasteiger partial charge in [0.25, 0.3) is 0 Å². The van der Waals surface area contributed by atoms with E-state index in [1.165, 1.54) is 55.9 Å². The quantitative estimate of drug-likeness (QED) is 0.100. The van der Waals surface area contributed by atoms with E-state index in [4.69, 9.17) is 0 Å². The minimum atomic E-state index is -2.96. The molecule has 6 aromatic carbocycles. The first-order valence-corrected chi connectivity index (χ1v) is 36.7. The first-order chi connectivity index (χ1) is 30.4. The third kappa shape index (κ3) is 9.58. The van der Waals surface area contributed by atoms with Crippen LogP contribution in [0.2, 0.25) is 39.3 Å². The van der Waals surface area contributed by atoms with E-state index >= 15 is 0 Å². The van der Waals surface area contributed by atoms with Gasteiger partial charge in [-0.05, 0) is 0 Å². The van der Waals surface area contributed by atoms with Gasteiger partial charge < -0.3 is 0 Å². The number of nitrogens with zero attached hydrogens (tertiary/aromatic N) is 2. The van der Waals surface area contributed by atoms with E-state index in [2.05, 4.69) is 259 Å². The van der Waals surface area contributed by atoms with Crippen LogP contribution in [0.1, 0.15) is 124 Å². The second-order valence-electron chi connectivity index (χ2n) is 20.9. The van der Waals surface area contributed by atoms with Gasteiger partial charge in [-0.1, -0.05) is 0 Å². The van der Waals surface area contributed by atoms with Crippen LogP contribution in [0.3, 0.4) is 0 Å². The summed E-state index contributed by atoms with van der Waals surface area (Å²) in [6, 6.07) is 61.6. The average molecular weight is 999 g/mol. The molecule has 0 aliphatic carbocycles. The van der Waals surface area contributed by atoms with Crippen molar-refractivity contribution in [1.29, 1.82) is 0 Å². The maximum atomic E-state index is 3.20. The zero-order valence-electron chi connectivity index (χ0n) is 41.2. The predicted molar refractivity (Wildman–Crippen MR) is 292 cm³/mol. The molecule has 0 amide bonds. The van der Waals surface area contributed by atoms with Gasteiger partial charge in [0.15, 0.2) is 0 Å². The number of rotatable bonds is 14. The summed E-state index contributed by atoms with van der Waals surface area (Å²) >= 11 is -5.91. The van der Waals surface area contributed by atoms with Gasteiger partial charge in [0.1, 0.15) is 0 Å². The van der Waals surface area contributed by atoms with Crippen LogP contribution in [0.4, 0.5) is 11.4 Å². The summed E-state index contributed by atoms with van der Waals surface area (Å²) in [6.07, 6.45) is 0. The average Bonchev–Trinajstić information content (AvgIpc) is 3.26. The van der Waals surface area contributed by atoms with Crippen LogP contribution in [0.25, 0.3) is 17.6 Å². The normalized spacial score (nSPS) is 14.4. The molecule has 0 fully saturated rings. The summed E-state index contributed by atoms with van der Waals surface area (Å²) in [5.74, 6) is 1.50. The van der Waals surface area contributed by atoms with Crippen LogP contribution < -0.4 is 7.05 Å². The van der Waals surface area contributed by atoms with Gasteiger partial charge in [-0.3, -0.25) is 0 Å². The molecule has 0 bridgehead atoms. The molecule has 0 N–H and O–H groups in total. The topological polar surface area (TPSA) is 6.48 Å². The van der Waals surface area contributed by atoms with Crippen LogP contribution >= 0.6 is 0 Å². The summed E-state index contributed by atoms with van der Waals surface area (Å²) in [5, 5.41) is 0. The standard InChI is InChI=1S/C58H72Ge2N2Si2/c1-41(2)49-37-27-38-50(42(3)4)57(49)61(63(9,10)11)59-53(45-29-19-15-20-30-45)55(47-33-23-17-24-34-47)60(56(48-35-25-18-26-36-48)54(59)46-31-21-16-22-32-46)62(64(12,13)14)58-51(43(5)6)39-28-40-52(58)44(7)8/h15-44H,1-14H3. The van der Waals surface area contributed by atoms with Gasteiger partial charge in [-0.25, -0.2) is 0 Å². The third-order valence-electron chi connectivity index (χ3n) is 12.6. The van der Waals surface area contributed by atoms with E-state index in [0.717, 1.165) is 0 Å². The summed E-state index contributed by atoms with van der Waals surface area (Å²) in [7, 11) is -4.45. The zero-order chi connectivity index (χ0) is 46.1. The van der Waals surface area contributed by atoms with E-state index in [9.17, 15) is 0 Å². The molecule has 64 heavy (non-hydrogen) atoms. The molecule has 330 valence electrons. The predicted octanol–water partition coefficient (Wildman–Crippen LogP) is 16.5. The molecule has 0 saturated carbocycles. The molecular formula is C58H72Ge2N2Si2. The monoisotopic (exact) mass is 1000 g/mol. The van der Waals surface area contributed by atoms with Crippen molar-refractivity contribution in [3.05, 3.63) is 202 Å². The van der Waals surface area contributed by atoms with Crippen LogP contribution in [-0.2, 0) is 0 Å². The third-order valence-corrected chi connectivity index (χ3v) is 40.0. The second-order valence-corrected chi connectivity index (χ2v) is 41.3. The summed E-state index contributed by atoms with van der Waals surface area (Å²) in [6.45, 7) is 35.1. The Bertz CT molecular complexity index is 2250. The van der Waals surface area contributed by atoms with Gasteiger partial charge in [-0.2, -0.15) is 0 Å². The molecule has 0 spiro atoms. The second kappa shape index (κ2) is 19.8. The number of para-hydroxylation sites is 2. The molecule has 1 aliphatic heterocycles. The first kappa shape index (κ1) is 47.9. The Hall–Kier alpha value is -4.08. The van der Waals surface area contributed by atoms with Crippen LogP contribution in [0.15, 0.2) is 158 Å². The molecule has 6 aromatic rings. The fraction of sp³-hybridized carbons (Fsp3) is 0.310. The Labute approximate surface area is 399 Å². The number of anilines is 2. The van der Waals surface area contributed by atoms with Gasteiger partial charge >= 0.3 is 402 Å². The molecule has 0 unspecified atom stereocenters. The molecule has 1 aliphatic rings. The molecule has 2 nitrogen and oxygen atoms in total. The van der Waals surface area contributed by atoms with Crippen molar-refractivity contribution in [3.63, 3.8) is 0 Å². The molecule has 0 atom stereocenters. The van der Waals surface area contributed by atoms with Crippen molar-refractivity contribution in [1.82, 2.24) is 0 Å². The van der Waals surface area contributed by atoms with Crippen molar-refractivity contribution in [2.45, 2.75) is 118 Å². The minimum absolute atomic E-state index is 0.374. The van der Waals surface area contributed by atoms with Crippen LogP contribution in [0.5, 0.6) is 0 Å². The van der Waals surface area contributed by atoms with E-state index in [0.29, 0.717) is 23.7 Å². The molecule has 6 heteroatoms. The summed E-state index contributed by atoms with van der Waals surface area (Å²) in [5.41, 5.74) is 14.5. The van der Waals surface area contributed by atoms with Crippen molar-refractivity contribution in [2.24, 2.45) is 0 Å². The van der Waals surface area contributed by atoms with E-state index in [1.54, 1.807) is 17.6 Å². The Kier molecular flexibility index (Phi) is 14.8. The Morgan fingerprint density at radius 3 is 0.672 bits per heavy atom. The van der Waals surface area contributed by atoms with Gasteiger partial charge in [0.2, 0.25) is 0 Å². The molecule has 2 radical (unpaired) electrons. The zero-order valence-corrected chi connectivity index (χ0v) is 47.4. The maximum absolute atomic E-state index is 3.20. The van der Waals surface area contributed by atoms with Crippen molar-refractivity contribution < 1.29 is 0 Å². The molecule has 0 saturated heterocycles. The number of hydrogen-bond donors (Lipinski definition) is 0. The van der Waals surface area contributed by atoms with Crippen molar-refractivity contribution in [3.8, 4) is 0 Å². The fourth-order valence-electron chi connectivity index (χ4n) is 9.82. The molecule has 0 aromatic heterocycles. The van der Waals surface area contributed by atoms with E-state index in [-0.39, 0.29) is 0 Å². The molecule has 1 heterocycles. The fourth-order valence-corrected chi connectivity index (χ4v) is 40.8.